The molecule has 0 radical (unpaired) electrons. The van der Waals surface area contributed by atoms with Crippen LogP contribution in [0.15, 0.2) is 0 Å². The Hall–Kier alpha value is 0. The van der Waals surface area contributed by atoms with Crippen molar-refractivity contribution in [1.29, 1.82) is 0 Å². The summed E-state index contributed by atoms with van der Waals surface area (Å²) in [6, 6.07) is 0. The topological polar surface area (TPSA) is 0 Å². The normalized spacial score (nSPS) is 37.8. The van der Waals surface area contributed by atoms with Crippen molar-refractivity contribution < 1.29 is 0 Å². The molecule has 2 aliphatic carbocycles. The first kappa shape index (κ1) is 11.5. The molecule has 2 aliphatic rings. The monoisotopic (exact) mass is 208 g/mol. The second kappa shape index (κ2) is 4.11. The van der Waals surface area contributed by atoms with Crippen LogP contribution in [0.2, 0.25) is 0 Å². The van der Waals surface area contributed by atoms with Crippen LogP contribution >= 0.6 is 0 Å². The maximum absolute atomic E-state index is 2.55. The summed E-state index contributed by atoms with van der Waals surface area (Å²) in [5, 5.41) is 0. The average molecular weight is 208 g/mol. The fourth-order valence-corrected chi connectivity index (χ4v) is 4.45. The molecule has 0 aliphatic heterocycles. The third-order valence-electron chi connectivity index (χ3n) is 5.79. The predicted molar refractivity (Wildman–Crippen MR) is 66.8 cm³/mol. The van der Waals surface area contributed by atoms with Gasteiger partial charge in [-0.1, -0.05) is 40.5 Å². The van der Waals surface area contributed by atoms with Crippen LogP contribution in [0.1, 0.15) is 66.2 Å². The van der Waals surface area contributed by atoms with Crippen LogP contribution < -0.4 is 0 Å². The van der Waals surface area contributed by atoms with E-state index in [9.17, 15) is 0 Å². The average Bonchev–Trinajstić information content (AvgIpc) is 2.75. The lowest BCUT2D eigenvalue weighted by atomic mass is 9.65. The van der Waals surface area contributed by atoms with Crippen molar-refractivity contribution in [3.63, 3.8) is 0 Å². The van der Waals surface area contributed by atoms with Gasteiger partial charge in [0.25, 0.3) is 0 Å². The Morgan fingerprint density at radius 3 is 2.27 bits per heavy atom. The fraction of sp³-hybridized carbons (Fsp3) is 1.00. The summed E-state index contributed by atoms with van der Waals surface area (Å²) >= 11 is 0. The van der Waals surface area contributed by atoms with Crippen LogP contribution in [0.5, 0.6) is 0 Å². The number of rotatable bonds is 4. The molecule has 0 N–H and O–H groups in total. The minimum absolute atomic E-state index is 0.658. The van der Waals surface area contributed by atoms with Crippen LogP contribution in [-0.4, -0.2) is 0 Å². The van der Waals surface area contributed by atoms with Gasteiger partial charge >= 0.3 is 0 Å². The largest absolute Gasteiger partial charge is 0.0651 e. The Kier molecular flexibility index (Phi) is 3.14. The first-order valence-electron chi connectivity index (χ1n) is 7.09. The van der Waals surface area contributed by atoms with Gasteiger partial charge in [-0.3, -0.25) is 0 Å². The molecular formula is C15H28. The van der Waals surface area contributed by atoms with Gasteiger partial charge in [-0.25, -0.2) is 0 Å². The highest BCUT2D eigenvalue weighted by molar-refractivity contribution is 5.01. The zero-order valence-electron chi connectivity index (χ0n) is 11.1. The quantitative estimate of drug-likeness (QED) is 0.617. The molecule has 0 heterocycles. The molecule has 0 saturated heterocycles. The van der Waals surface area contributed by atoms with Crippen molar-refractivity contribution in [2.24, 2.45) is 29.1 Å². The third-order valence-corrected chi connectivity index (χ3v) is 5.79. The van der Waals surface area contributed by atoms with E-state index in [1.807, 2.05) is 0 Å². The van der Waals surface area contributed by atoms with Crippen molar-refractivity contribution in [2.45, 2.75) is 66.2 Å². The summed E-state index contributed by atoms with van der Waals surface area (Å²) in [6.45, 7) is 9.83. The SMILES string of the molecule is CCC(CC)CC1C2CCC(C2)C1(C)C. The molecule has 2 fully saturated rings. The van der Waals surface area contributed by atoms with E-state index in [1.165, 1.54) is 25.7 Å². The van der Waals surface area contributed by atoms with E-state index >= 15 is 0 Å². The molecule has 0 heteroatoms. The molecule has 2 rings (SSSR count). The lowest BCUT2D eigenvalue weighted by Gasteiger charge is -2.40. The summed E-state index contributed by atoms with van der Waals surface area (Å²) in [5.41, 5.74) is 0.658. The van der Waals surface area contributed by atoms with E-state index < -0.39 is 0 Å². The molecule has 0 aromatic rings. The van der Waals surface area contributed by atoms with Crippen LogP contribution in [0.4, 0.5) is 0 Å². The van der Waals surface area contributed by atoms with Crippen LogP contribution in [0, 0.1) is 29.1 Å². The van der Waals surface area contributed by atoms with Gasteiger partial charge in [-0.15, -0.1) is 0 Å². The van der Waals surface area contributed by atoms with E-state index in [1.54, 1.807) is 12.8 Å². The first-order chi connectivity index (χ1) is 7.09. The zero-order valence-corrected chi connectivity index (χ0v) is 11.1. The summed E-state index contributed by atoms with van der Waals surface area (Å²) in [5.74, 6) is 4.18. The van der Waals surface area contributed by atoms with Crippen LogP contribution in [0.3, 0.4) is 0 Å². The summed E-state index contributed by atoms with van der Waals surface area (Å²) in [4.78, 5) is 0. The predicted octanol–water partition coefficient (Wildman–Crippen LogP) is 4.89. The van der Waals surface area contributed by atoms with Crippen molar-refractivity contribution >= 4 is 0 Å². The second-order valence-electron chi connectivity index (χ2n) is 6.62. The smallest absolute Gasteiger partial charge is 0.0295 e. The van der Waals surface area contributed by atoms with Crippen molar-refractivity contribution in [3.05, 3.63) is 0 Å². The molecule has 3 unspecified atom stereocenters. The Labute approximate surface area is 95.8 Å². The molecule has 3 atom stereocenters. The number of fused-ring (bicyclic) bond motifs is 2. The molecule has 0 aromatic carbocycles. The molecule has 0 nitrogen and oxygen atoms in total. The Morgan fingerprint density at radius 2 is 1.80 bits per heavy atom. The Morgan fingerprint density at radius 1 is 1.13 bits per heavy atom. The van der Waals surface area contributed by atoms with E-state index in [2.05, 4.69) is 27.7 Å². The highest BCUT2D eigenvalue weighted by atomic mass is 14.6. The van der Waals surface area contributed by atoms with Crippen LogP contribution in [0.25, 0.3) is 0 Å². The Balaban J connectivity index is 2.02. The van der Waals surface area contributed by atoms with Gasteiger partial charge < -0.3 is 0 Å². The van der Waals surface area contributed by atoms with E-state index in [-0.39, 0.29) is 0 Å². The number of hydrogen-bond donors (Lipinski definition) is 0. The van der Waals surface area contributed by atoms with Gasteiger partial charge in [0.1, 0.15) is 0 Å². The van der Waals surface area contributed by atoms with Gasteiger partial charge in [-0.2, -0.15) is 0 Å². The minimum Gasteiger partial charge on any atom is -0.0651 e. The molecule has 0 amide bonds. The highest BCUT2D eigenvalue weighted by Gasteiger charge is 2.52. The first-order valence-corrected chi connectivity index (χ1v) is 7.09. The lowest BCUT2D eigenvalue weighted by molar-refractivity contribution is 0.0963. The standard InChI is InChI=1S/C15H28/c1-5-11(6-2)9-14-12-7-8-13(10-12)15(14,3)4/h11-14H,5-10H2,1-4H3. The minimum atomic E-state index is 0.658. The van der Waals surface area contributed by atoms with Crippen molar-refractivity contribution in [3.8, 4) is 0 Å². The van der Waals surface area contributed by atoms with Crippen molar-refractivity contribution in [2.75, 3.05) is 0 Å². The van der Waals surface area contributed by atoms with Crippen LogP contribution in [-0.2, 0) is 0 Å². The molecule has 88 valence electrons. The molecule has 2 saturated carbocycles. The van der Waals surface area contributed by atoms with Gasteiger partial charge in [0.05, 0.1) is 0 Å². The van der Waals surface area contributed by atoms with Crippen molar-refractivity contribution in [1.82, 2.24) is 0 Å². The number of hydrogen-bond acceptors (Lipinski definition) is 0. The Bertz CT molecular complexity index is 212. The van der Waals surface area contributed by atoms with Gasteiger partial charge in [0, 0.05) is 0 Å². The maximum Gasteiger partial charge on any atom is -0.0295 e. The lowest BCUT2D eigenvalue weighted by Crippen LogP contribution is -2.32. The van der Waals surface area contributed by atoms with Gasteiger partial charge in [-0.05, 0) is 54.8 Å². The van der Waals surface area contributed by atoms with Gasteiger partial charge in [0.15, 0.2) is 0 Å². The van der Waals surface area contributed by atoms with E-state index in [0.717, 1.165) is 23.7 Å². The summed E-state index contributed by atoms with van der Waals surface area (Å²) in [7, 11) is 0. The fourth-order valence-electron chi connectivity index (χ4n) is 4.45. The van der Waals surface area contributed by atoms with Gasteiger partial charge in [0.2, 0.25) is 0 Å². The summed E-state index contributed by atoms with van der Waals surface area (Å²) in [6.07, 6.45) is 8.91. The molecule has 0 aromatic heterocycles. The molecule has 2 bridgehead atoms. The molecule has 15 heavy (non-hydrogen) atoms. The summed E-state index contributed by atoms with van der Waals surface area (Å²) < 4.78 is 0. The van der Waals surface area contributed by atoms with E-state index in [0.29, 0.717) is 5.41 Å². The second-order valence-corrected chi connectivity index (χ2v) is 6.62. The third kappa shape index (κ3) is 1.85. The maximum atomic E-state index is 2.55. The molecule has 0 spiro atoms. The molecular weight excluding hydrogens is 180 g/mol. The van der Waals surface area contributed by atoms with E-state index in [4.69, 9.17) is 0 Å². The zero-order chi connectivity index (χ0) is 11.1. The highest BCUT2D eigenvalue weighted by Crippen LogP contribution is 2.61.